The van der Waals surface area contributed by atoms with Gasteiger partial charge >= 0.3 is 5.97 Å². The van der Waals surface area contributed by atoms with E-state index in [9.17, 15) is 9.59 Å². The third kappa shape index (κ3) is 6.37. The fraction of sp³-hybridized carbons (Fsp3) is 0.867. The van der Waals surface area contributed by atoms with E-state index in [0.717, 1.165) is 19.3 Å². The van der Waals surface area contributed by atoms with Crippen molar-refractivity contribution in [3.63, 3.8) is 0 Å². The second-order valence-corrected chi connectivity index (χ2v) is 6.20. The van der Waals surface area contributed by atoms with Crippen molar-refractivity contribution in [1.82, 2.24) is 5.32 Å². The van der Waals surface area contributed by atoms with Gasteiger partial charge in [0.25, 0.3) is 0 Å². The molecule has 1 aliphatic rings. The minimum atomic E-state index is -1.01. The molecule has 1 aliphatic carbocycles. The molecule has 0 aromatic rings. The summed E-state index contributed by atoms with van der Waals surface area (Å²) in [7, 11) is 0. The first kappa shape index (κ1) is 17.0. The third-order valence-corrected chi connectivity index (χ3v) is 3.73. The van der Waals surface area contributed by atoms with Gasteiger partial charge in [-0.1, -0.05) is 19.3 Å². The van der Waals surface area contributed by atoms with Gasteiger partial charge in [0.1, 0.15) is 0 Å². The molecular formula is C15H27NO4. The summed E-state index contributed by atoms with van der Waals surface area (Å²) in [6.07, 6.45) is 7.30. The summed E-state index contributed by atoms with van der Waals surface area (Å²) >= 11 is 0. The van der Waals surface area contributed by atoms with E-state index in [4.69, 9.17) is 9.84 Å². The molecule has 20 heavy (non-hydrogen) atoms. The Labute approximate surface area is 121 Å². The summed E-state index contributed by atoms with van der Waals surface area (Å²) in [5.74, 6) is -1.16. The van der Waals surface area contributed by atoms with Gasteiger partial charge in [-0.3, -0.25) is 9.59 Å². The summed E-state index contributed by atoms with van der Waals surface area (Å²) in [5.41, 5.74) is -1.01. The van der Waals surface area contributed by atoms with Crippen molar-refractivity contribution in [1.29, 1.82) is 0 Å². The van der Waals surface area contributed by atoms with Gasteiger partial charge in [0, 0.05) is 19.6 Å². The zero-order chi connectivity index (χ0) is 15.0. The maximum Gasteiger partial charge on any atom is 0.309 e. The lowest BCUT2D eigenvalue weighted by molar-refractivity contribution is -0.149. The summed E-state index contributed by atoms with van der Waals surface area (Å²) in [5, 5.41) is 11.7. The molecule has 1 amide bonds. The lowest BCUT2D eigenvalue weighted by atomic mass is 9.89. The number of carbonyl (C=O) groups excluding carboxylic acids is 1. The van der Waals surface area contributed by atoms with Crippen molar-refractivity contribution in [3.05, 3.63) is 0 Å². The van der Waals surface area contributed by atoms with Gasteiger partial charge in [-0.05, 0) is 33.1 Å². The van der Waals surface area contributed by atoms with E-state index in [1.165, 1.54) is 19.3 Å². The molecule has 0 heterocycles. The standard InChI is InChI=1S/C15H27NO4/c1-15(2,14(18)19)11-13(17)16-9-6-10-20-12-7-4-3-5-8-12/h12H,3-11H2,1-2H3,(H,16,17)(H,18,19). The molecule has 1 saturated carbocycles. The number of hydrogen-bond donors (Lipinski definition) is 2. The van der Waals surface area contributed by atoms with Crippen LogP contribution >= 0.6 is 0 Å². The molecule has 0 saturated heterocycles. The molecular weight excluding hydrogens is 258 g/mol. The highest BCUT2D eigenvalue weighted by atomic mass is 16.5. The molecule has 116 valence electrons. The molecule has 2 N–H and O–H groups in total. The molecule has 0 atom stereocenters. The van der Waals surface area contributed by atoms with Crippen LogP contribution in [0.15, 0.2) is 0 Å². The Morgan fingerprint density at radius 2 is 1.90 bits per heavy atom. The van der Waals surface area contributed by atoms with Crippen LogP contribution in [-0.2, 0) is 14.3 Å². The highest BCUT2D eigenvalue weighted by Gasteiger charge is 2.29. The van der Waals surface area contributed by atoms with E-state index < -0.39 is 11.4 Å². The fourth-order valence-electron chi connectivity index (χ4n) is 2.32. The van der Waals surface area contributed by atoms with Crippen LogP contribution in [0.3, 0.4) is 0 Å². The molecule has 0 spiro atoms. The fourth-order valence-corrected chi connectivity index (χ4v) is 2.32. The van der Waals surface area contributed by atoms with Crippen LogP contribution in [0.1, 0.15) is 58.8 Å². The van der Waals surface area contributed by atoms with Gasteiger partial charge in [0.15, 0.2) is 0 Å². The van der Waals surface area contributed by atoms with E-state index in [-0.39, 0.29) is 12.3 Å². The smallest absolute Gasteiger partial charge is 0.309 e. The summed E-state index contributed by atoms with van der Waals surface area (Å²) in [4.78, 5) is 22.5. The monoisotopic (exact) mass is 285 g/mol. The molecule has 0 aromatic heterocycles. The number of aliphatic carboxylic acids is 1. The molecule has 5 heteroatoms. The van der Waals surface area contributed by atoms with E-state index in [1.54, 1.807) is 13.8 Å². The molecule has 0 bridgehead atoms. The topological polar surface area (TPSA) is 75.6 Å². The number of carboxylic acid groups (broad SMARTS) is 1. The van der Waals surface area contributed by atoms with Crippen LogP contribution in [0.2, 0.25) is 0 Å². The molecule has 1 rings (SSSR count). The zero-order valence-corrected chi connectivity index (χ0v) is 12.6. The van der Waals surface area contributed by atoms with Crippen molar-refractivity contribution < 1.29 is 19.4 Å². The molecule has 5 nitrogen and oxygen atoms in total. The van der Waals surface area contributed by atoms with E-state index >= 15 is 0 Å². The van der Waals surface area contributed by atoms with E-state index in [2.05, 4.69) is 5.32 Å². The first-order valence-corrected chi connectivity index (χ1v) is 7.53. The number of carbonyl (C=O) groups is 2. The maximum atomic E-state index is 11.6. The van der Waals surface area contributed by atoms with Gasteiger partial charge in [0.2, 0.25) is 5.91 Å². The third-order valence-electron chi connectivity index (χ3n) is 3.73. The number of nitrogens with one attached hydrogen (secondary N) is 1. The largest absolute Gasteiger partial charge is 0.481 e. The van der Waals surface area contributed by atoms with Gasteiger partial charge < -0.3 is 15.2 Å². The zero-order valence-electron chi connectivity index (χ0n) is 12.6. The first-order chi connectivity index (χ1) is 9.42. The van der Waals surface area contributed by atoms with Crippen LogP contribution in [0, 0.1) is 5.41 Å². The molecule has 0 aromatic carbocycles. The molecule has 0 aliphatic heterocycles. The van der Waals surface area contributed by atoms with Gasteiger partial charge in [-0.15, -0.1) is 0 Å². The van der Waals surface area contributed by atoms with E-state index in [1.807, 2.05) is 0 Å². The second-order valence-electron chi connectivity index (χ2n) is 6.20. The van der Waals surface area contributed by atoms with Crippen molar-refractivity contribution in [2.45, 2.75) is 64.9 Å². The average Bonchev–Trinajstić information content (AvgIpc) is 2.38. The number of carboxylic acids is 1. The van der Waals surface area contributed by atoms with Gasteiger partial charge in [-0.25, -0.2) is 0 Å². The number of hydrogen-bond acceptors (Lipinski definition) is 3. The molecule has 0 radical (unpaired) electrons. The summed E-state index contributed by atoms with van der Waals surface area (Å²) in [6, 6.07) is 0. The minimum Gasteiger partial charge on any atom is -0.481 e. The lowest BCUT2D eigenvalue weighted by Gasteiger charge is -2.22. The SMILES string of the molecule is CC(C)(CC(=O)NCCCOC1CCCCC1)C(=O)O. The van der Waals surface area contributed by atoms with Crippen molar-refractivity contribution in [3.8, 4) is 0 Å². The molecule has 0 unspecified atom stereocenters. The van der Waals surface area contributed by atoms with Crippen LogP contribution in [0.25, 0.3) is 0 Å². The second kappa shape index (κ2) is 8.25. The Kier molecular flexibility index (Phi) is 6.99. The van der Waals surface area contributed by atoms with Gasteiger partial charge in [0.05, 0.1) is 11.5 Å². The lowest BCUT2D eigenvalue weighted by Crippen LogP contribution is -2.34. The number of ether oxygens (including phenoxy) is 1. The van der Waals surface area contributed by atoms with Crippen LogP contribution in [0.5, 0.6) is 0 Å². The Hall–Kier alpha value is -1.10. The minimum absolute atomic E-state index is 0.00577. The van der Waals surface area contributed by atoms with Crippen molar-refractivity contribution in [2.24, 2.45) is 5.41 Å². The van der Waals surface area contributed by atoms with Crippen LogP contribution in [0.4, 0.5) is 0 Å². The first-order valence-electron chi connectivity index (χ1n) is 7.53. The molecule has 1 fully saturated rings. The Morgan fingerprint density at radius 3 is 2.50 bits per heavy atom. The Bertz CT molecular complexity index is 322. The quantitative estimate of drug-likeness (QED) is 0.671. The van der Waals surface area contributed by atoms with E-state index in [0.29, 0.717) is 19.3 Å². The predicted molar refractivity (Wildman–Crippen MR) is 76.5 cm³/mol. The highest BCUT2D eigenvalue weighted by Crippen LogP contribution is 2.21. The highest BCUT2D eigenvalue weighted by molar-refractivity contribution is 5.84. The Balaban J connectivity index is 2.05. The van der Waals surface area contributed by atoms with Crippen molar-refractivity contribution >= 4 is 11.9 Å². The van der Waals surface area contributed by atoms with Crippen LogP contribution < -0.4 is 5.32 Å². The normalized spacial score (nSPS) is 16.9. The predicted octanol–water partition coefficient (Wildman–Crippen LogP) is 2.34. The Morgan fingerprint density at radius 1 is 1.25 bits per heavy atom. The average molecular weight is 285 g/mol. The summed E-state index contributed by atoms with van der Waals surface area (Å²) in [6.45, 7) is 4.32. The number of rotatable bonds is 8. The maximum absolute atomic E-state index is 11.6. The van der Waals surface area contributed by atoms with Crippen molar-refractivity contribution in [2.75, 3.05) is 13.2 Å². The van der Waals surface area contributed by atoms with Gasteiger partial charge in [-0.2, -0.15) is 0 Å². The summed E-state index contributed by atoms with van der Waals surface area (Å²) < 4.78 is 5.76. The number of amides is 1. The van der Waals surface area contributed by atoms with Crippen LogP contribution in [-0.4, -0.2) is 36.2 Å².